The van der Waals surface area contributed by atoms with Crippen molar-refractivity contribution in [1.29, 1.82) is 0 Å². The molecule has 1 aliphatic carbocycles. The second kappa shape index (κ2) is 12.5. The highest BCUT2D eigenvalue weighted by Gasteiger charge is 2.44. The van der Waals surface area contributed by atoms with E-state index in [2.05, 4.69) is 4.98 Å². The number of halogens is 3. The number of nitrogens with zero attached hydrogens (tertiary/aromatic N) is 2. The first kappa shape index (κ1) is 30.0. The van der Waals surface area contributed by atoms with E-state index >= 15 is 0 Å². The molecule has 44 heavy (non-hydrogen) atoms. The molecule has 1 saturated carbocycles. The van der Waals surface area contributed by atoms with Crippen LogP contribution in [-0.4, -0.2) is 48.8 Å². The van der Waals surface area contributed by atoms with Crippen LogP contribution in [0, 0.1) is 11.8 Å². The number of esters is 1. The van der Waals surface area contributed by atoms with Crippen molar-refractivity contribution in [3.63, 3.8) is 0 Å². The number of benzene rings is 1. The van der Waals surface area contributed by atoms with Gasteiger partial charge in [0.15, 0.2) is 5.58 Å². The van der Waals surface area contributed by atoms with Gasteiger partial charge in [0.05, 0.1) is 11.6 Å². The van der Waals surface area contributed by atoms with Crippen molar-refractivity contribution >= 4 is 46.5 Å². The third-order valence-corrected chi connectivity index (χ3v) is 9.54. The van der Waals surface area contributed by atoms with Crippen LogP contribution in [0.4, 0.5) is 18.9 Å². The van der Waals surface area contributed by atoms with Crippen molar-refractivity contribution in [2.45, 2.75) is 50.7 Å². The van der Waals surface area contributed by atoms with E-state index in [0.717, 1.165) is 28.0 Å². The van der Waals surface area contributed by atoms with Gasteiger partial charge in [-0.3, -0.25) is 14.6 Å². The van der Waals surface area contributed by atoms with Crippen LogP contribution < -0.4 is 4.90 Å². The molecule has 4 heterocycles. The van der Waals surface area contributed by atoms with Crippen LogP contribution in [-0.2, 0) is 19.1 Å². The minimum atomic E-state index is -4.29. The molecular weight excluding hydrogens is 597 g/mol. The highest BCUT2D eigenvalue weighted by atomic mass is 32.1. The normalized spacial score (nSPS) is 19.5. The maximum atomic E-state index is 14.1. The first-order valence-electron chi connectivity index (χ1n) is 14.4. The maximum absolute atomic E-state index is 14.1. The Balaban J connectivity index is 1.34. The zero-order valence-corrected chi connectivity index (χ0v) is 24.4. The average Bonchev–Trinajstić information content (AvgIpc) is 3.67. The topological polar surface area (TPSA) is 98.9 Å². The summed E-state index contributed by atoms with van der Waals surface area (Å²) in [5, 5.41) is 0. The quantitative estimate of drug-likeness (QED) is 0.120. The Bertz CT molecular complexity index is 1620. The van der Waals surface area contributed by atoms with E-state index in [4.69, 9.17) is 13.9 Å². The lowest BCUT2D eigenvalue weighted by Gasteiger charge is -2.38. The average molecular weight is 627 g/mol. The molecule has 1 amide bonds. The number of thiophene rings is 1. The Morgan fingerprint density at radius 1 is 0.977 bits per heavy atom. The number of rotatable bonds is 7. The lowest BCUT2D eigenvalue weighted by atomic mass is 9.80. The number of hydrogen-bond donors (Lipinski definition) is 0. The van der Waals surface area contributed by atoms with Gasteiger partial charge in [-0.2, -0.15) is 13.2 Å². The van der Waals surface area contributed by atoms with Gasteiger partial charge in [0.1, 0.15) is 16.2 Å². The third kappa shape index (κ3) is 6.14. The summed E-state index contributed by atoms with van der Waals surface area (Å²) in [4.78, 5) is 44.8. The van der Waals surface area contributed by atoms with Crippen molar-refractivity contribution in [3.05, 3.63) is 59.6 Å². The molecule has 12 heteroatoms. The fourth-order valence-electron chi connectivity index (χ4n) is 6.06. The van der Waals surface area contributed by atoms with Gasteiger partial charge in [0.2, 0.25) is 5.91 Å². The lowest BCUT2D eigenvalue weighted by molar-refractivity contribution is -0.184. The second-order valence-corrected chi connectivity index (χ2v) is 12.1. The first-order valence-corrected chi connectivity index (χ1v) is 15.3. The zero-order valence-electron chi connectivity index (χ0n) is 23.5. The maximum Gasteiger partial charge on any atom is 0.391 e. The van der Waals surface area contributed by atoms with Crippen molar-refractivity contribution in [3.8, 4) is 21.8 Å². The predicted molar refractivity (Wildman–Crippen MR) is 157 cm³/mol. The number of amides is 1. The standard InChI is InChI=1S/C32H29F3N2O6S/c33-32(34,35)22-9-7-21(8-10-22)30(39)37(23-11-14-41-15-12-23)25-17-28(44-29(25)31(40)42-18-38)20-5-3-19(4-6-20)27-16-24-26(43-27)2-1-13-36-24/h1-6,13,16-18,21-23H,7-12,14-15H2. The predicted octanol–water partition coefficient (Wildman–Crippen LogP) is 7.42. The van der Waals surface area contributed by atoms with Gasteiger partial charge in [0, 0.05) is 47.9 Å². The van der Waals surface area contributed by atoms with Gasteiger partial charge >= 0.3 is 18.6 Å². The smallest absolute Gasteiger partial charge is 0.391 e. The van der Waals surface area contributed by atoms with Gasteiger partial charge in [-0.15, -0.1) is 11.3 Å². The molecule has 0 bridgehead atoms. The van der Waals surface area contributed by atoms with Crippen LogP contribution in [0.15, 0.2) is 59.1 Å². The molecule has 0 radical (unpaired) electrons. The summed E-state index contributed by atoms with van der Waals surface area (Å²) in [5.41, 5.74) is 3.26. The molecule has 2 aliphatic rings. The fourth-order valence-corrected chi connectivity index (χ4v) is 7.10. The fraction of sp³-hybridized carbons (Fsp3) is 0.375. The molecule has 1 saturated heterocycles. The molecule has 0 atom stereocenters. The molecule has 6 rings (SSSR count). The summed E-state index contributed by atoms with van der Waals surface area (Å²) in [7, 11) is 0. The Hall–Kier alpha value is -4.03. The van der Waals surface area contributed by atoms with Gasteiger partial charge in [-0.1, -0.05) is 24.3 Å². The van der Waals surface area contributed by atoms with E-state index in [-0.39, 0.29) is 49.0 Å². The SMILES string of the molecule is O=COC(=O)c1sc(-c2ccc(-c3cc4ncccc4o3)cc2)cc1N(C(=O)C1CCC(C(F)(F)F)CC1)C1CCOCC1. The molecule has 4 aromatic rings. The van der Waals surface area contributed by atoms with Gasteiger partial charge in [-0.05, 0) is 62.3 Å². The molecule has 0 spiro atoms. The van der Waals surface area contributed by atoms with Gasteiger partial charge in [-0.25, -0.2) is 4.79 Å². The van der Waals surface area contributed by atoms with E-state index in [9.17, 15) is 27.6 Å². The summed E-state index contributed by atoms with van der Waals surface area (Å²) in [6, 6.07) is 14.3. The molecule has 0 N–H and O–H groups in total. The Morgan fingerprint density at radius 2 is 1.68 bits per heavy atom. The van der Waals surface area contributed by atoms with E-state index in [0.29, 0.717) is 48.0 Å². The number of fused-ring (bicyclic) bond motifs is 1. The van der Waals surface area contributed by atoms with Crippen LogP contribution in [0.5, 0.6) is 0 Å². The number of ether oxygens (including phenoxy) is 2. The Morgan fingerprint density at radius 3 is 2.34 bits per heavy atom. The summed E-state index contributed by atoms with van der Waals surface area (Å²) >= 11 is 1.09. The van der Waals surface area contributed by atoms with Crippen molar-refractivity contribution < 1.29 is 41.4 Å². The van der Waals surface area contributed by atoms with E-state index < -0.39 is 24.0 Å². The number of alkyl halides is 3. The summed E-state index contributed by atoms with van der Waals surface area (Å²) in [6.45, 7) is 0.847. The number of furan rings is 1. The number of aromatic nitrogens is 1. The van der Waals surface area contributed by atoms with Crippen LogP contribution in [0.2, 0.25) is 0 Å². The third-order valence-electron chi connectivity index (χ3n) is 8.39. The minimum Gasteiger partial charge on any atom is -0.454 e. The second-order valence-electron chi connectivity index (χ2n) is 11.0. The molecule has 1 aliphatic heterocycles. The molecule has 1 aromatic carbocycles. The van der Waals surface area contributed by atoms with Crippen LogP contribution in [0.25, 0.3) is 32.9 Å². The molecule has 8 nitrogen and oxygen atoms in total. The number of hydrogen-bond acceptors (Lipinski definition) is 8. The van der Waals surface area contributed by atoms with Crippen molar-refractivity contribution in [2.75, 3.05) is 18.1 Å². The highest BCUT2D eigenvalue weighted by molar-refractivity contribution is 7.18. The minimum absolute atomic E-state index is 0.0432. The first-order chi connectivity index (χ1) is 21.2. The van der Waals surface area contributed by atoms with Crippen molar-refractivity contribution in [2.24, 2.45) is 11.8 Å². The zero-order chi connectivity index (χ0) is 30.8. The summed E-state index contributed by atoms with van der Waals surface area (Å²) < 4.78 is 56.2. The van der Waals surface area contributed by atoms with Crippen LogP contribution in [0.3, 0.4) is 0 Å². The molecule has 230 valence electrons. The number of anilines is 1. The lowest BCUT2D eigenvalue weighted by Crippen LogP contribution is -2.47. The number of carbonyl (C=O) groups excluding carboxylic acids is 3. The van der Waals surface area contributed by atoms with Crippen molar-refractivity contribution in [1.82, 2.24) is 4.98 Å². The Kier molecular flexibility index (Phi) is 8.55. The van der Waals surface area contributed by atoms with E-state index in [1.165, 1.54) is 0 Å². The molecule has 2 fully saturated rings. The van der Waals surface area contributed by atoms with Gasteiger partial charge < -0.3 is 18.8 Å². The van der Waals surface area contributed by atoms with Gasteiger partial charge in [0.25, 0.3) is 0 Å². The Labute approximate surface area is 254 Å². The van der Waals surface area contributed by atoms with E-state index in [1.807, 2.05) is 36.4 Å². The monoisotopic (exact) mass is 626 g/mol. The highest BCUT2D eigenvalue weighted by Crippen LogP contribution is 2.44. The summed E-state index contributed by atoms with van der Waals surface area (Å²) in [5.74, 6) is -2.62. The number of pyridine rings is 1. The molecular formula is C32H29F3N2O6S. The number of carbonyl (C=O) groups is 3. The molecule has 3 aromatic heterocycles. The van der Waals surface area contributed by atoms with Crippen LogP contribution in [0.1, 0.15) is 48.2 Å². The molecule has 0 unspecified atom stereocenters. The van der Waals surface area contributed by atoms with E-state index in [1.54, 1.807) is 23.2 Å². The van der Waals surface area contributed by atoms with Crippen LogP contribution >= 0.6 is 11.3 Å². The summed E-state index contributed by atoms with van der Waals surface area (Å²) in [6.07, 6.45) is -1.64. The largest absolute Gasteiger partial charge is 0.454 e.